The summed E-state index contributed by atoms with van der Waals surface area (Å²) >= 11 is 0. The van der Waals surface area contributed by atoms with Crippen molar-refractivity contribution < 1.29 is 28.7 Å². The van der Waals surface area contributed by atoms with Crippen LogP contribution in [0, 0.1) is 23.7 Å². The maximum Gasteiger partial charge on any atom is 0.377 e. The van der Waals surface area contributed by atoms with Gasteiger partial charge in [-0.1, -0.05) is 72.9 Å². The Kier molecular flexibility index (Phi) is 17.7. The van der Waals surface area contributed by atoms with Gasteiger partial charge < -0.3 is 35.1 Å². The number of nitrogens with zero attached hydrogens (tertiary/aromatic N) is 5. The van der Waals surface area contributed by atoms with Crippen LogP contribution in [0.2, 0.25) is 0 Å². The van der Waals surface area contributed by atoms with Crippen LogP contribution in [0.4, 0.5) is 0 Å². The maximum absolute atomic E-state index is 14.4. The molecule has 1 saturated heterocycles. The Morgan fingerprint density at radius 2 is 1.58 bits per heavy atom. The normalized spacial score (nSPS) is 20.3. The summed E-state index contributed by atoms with van der Waals surface area (Å²) in [5, 5.41) is 17.8. The first-order valence-electron chi connectivity index (χ1n) is 19.9. The third-order valence-corrected chi connectivity index (χ3v) is 11.5. The van der Waals surface area contributed by atoms with Crippen molar-refractivity contribution in [2.24, 2.45) is 23.7 Å². The molecule has 53 heavy (non-hydrogen) atoms. The van der Waals surface area contributed by atoms with Gasteiger partial charge in [0.05, 0.1) is 48.4 Å². The highest BCUT2D eigenvalue weighted by molar-refractivity contribution is 6.30. The number of amides is 4. The highest BCUT2D eigenvalue weighted by atomic mass is 16.5. The fraction of sp³-hybridized carbons (Fsp3) is 0.842. The van der Waals surface area contributed by atoms with Crippen molar-refractivity contribution in [2.75, 3.05) is 34.9 Å². The number of hydrogen-bond acceptors (Lipinski definition) is 9. The Balaban J connectivity index is 1.77. The monoisotopic (exact) mass is 744 g/mol. The summed E-state index contributed by atoms with van der Waals surface area (Å²) in [6.07, 6.45) is 7.65. The molecular weight excluding hydrogens is 675 g/mol. The molecule has 1 radical (unpaired) electrons. The minimum absolute atomic E-state index is 0.0126. The molecule has 0 saturated carbocycles. The summed E-state index contributed by atoms with van der Waals surface area (Å²) in [6.45, 7) is 14.3. The summed E-state index contributed by atoms with van der Waals surface area (Å²) < 4.78 is 13.6. The number of carbonyl (C=O) groups is 4. The lowest BCUT2D eigenvalue weighted by atomic mass is 9.89. The highest BCUT2D eigenvalue weighted by Crippen LogP contribution is 2.29. The van der Waals surface area contributed by atoms with Gasteiger partial charge in [0.1, 0.15) is 6.04 Å². The first kappa shape index (κ1) is 44.4. The molecule has 1 unspecified atom stereocenters. The number of hydrogen-bond donors (Lipinski definition) is 3. The van der Waals surface area contributed by atoms with Crippen LogP contribution < -0.4 is 15.9 Å². The van der Waals surface area contributed by atoms with E-state index in [1.165, 1.54) is 12.8 Å². The van der Waals surface area contributed by atoms with E-state index >= 15 is 0 Å². The number of aromatic nitrogens is 3. The molecular formula is C38H68BN8O6. The fourth-order valence-corrected chi connectivity index (χ4v) is 8.07. The van der Waals surface area contributed by atoms with Gasteiger partial charge in [-0.15, -0.1) is 5.10 Å². The molecule has 0 bridgehead atoms. The lowest BCUT2D eigenvalue weighted by molar-refractivity contribution is -0.147. The van der Waals surface area contributed by atoms with Crippen molar-refractivity contribution in [3.63, 3.8) is 0 Å². The number of fused-ring (bicyclic) bond motifs is 1. The van der Waals surface area contributed by atoms with Gasteiger partial charge in [0.15, 0.2) is 0 Å². The zero-order chi connectivity index (χ0) is 39.4. The van der Waals surface area contributed by atoms with Crippen molar-refractivity contribution >= 4 is 31.2 Å². The molecule has 1 aromatic heterocycles. The number of carbonyl (C=O) groups excluding carboxylic acids is 4. The van der Waals surface area contributed by atoms with E-state index in [9.17, 15) is 19.2 Å². The van der Waals surface area contributed by atoms with Crippen molar-refractivity contribution in [2.45, 2.75) is 149 Å². The van der Waals surface area contributed by atoms with E-state index < -0.39 is 36.3 Å². The van der Waals surface area contributed by atoms with E-state index in [-0.39, 0.29) is 53.8 Å². The van der Waals surface area contributed by atoms with Gasteiger partial charge in [-0.25, -0.2) is 0 Å². The second-order valence-corrected chi connectivity index (χ2v) is 15.8. The molecule has 1 aromatic rings. The Morgan fingerprint density at radius 3 is 2.17 bits per heavy atom. The number of ether oxygens (including phenoxy) is 2. The van der Waals surface area contributed by atoms with Gasteiger partial charge in [-0.05, 0) is 56.3 Å². The van der Waals surface area contributed by atoms with Crippen LogP contribution >= 0.6 is 0 Å². The molecule has 299 valence electrons. The fourth-order valence-electron chi connectivity index (χ4n) is 8.07. The average molecular weight is 744 g/mol. The van der Waals surface area contributed by atoms with E-state index in [0.29, 0.717) is 6.54 Å². The predicted molar refractivity (Wildman–Crippen MR) is 206 cm³/mol. The highest BCUT2D eigenvalue weighted by Gasteiger charge is 2.43. The Labute approximate surface area is 318 Å². The van der Waals surface area contributed by atoms with Gasteiger partial charge in [0.2, 0.25) is 23.6 Å². The van der Waals surface area contributed by atoms with Crippen molar-refractivity contribution in [3.05, 3.63) is 11.4 Å². The van der Waals surface area contributed by atoms with Crippen molar-refractivity contribution in [3.8, 4) is 0 Å². The van der Waals surface area contributed by atoms with Gasteiger partial charge in [0, 0.05) is 40.6 Å². The molecule has 1 fully saturated rings. The molecule has 8 atom stereocenters. The lowest BCUT2D eigenvalue weighted by Crippen LogP contribution is -2.60. The largest absolute Gasteiger partial charge is 0.379 e. The maximum atomic E-state index is 14.4. The van der Waals surface area contributed by atoms with Gasteiger partial charge in [-0.2, -0.15) is 0 Å². The topological polar surface area (TPSA) is 160 Å². The molecule has 0 spiro atoms. The molecule has 14 nitrogen and oxygen atoms in total. The number of methoxy groups -OCH3 is 2. The van der Waals surface area contributed by atoms with Crippen LogP contribution in [0.3, 0.4) is 0 Å². The molecule has 3 rings (SSSR count). The number of aryl methyl sites for hydroxylation is 1. The van der Waals surface area contributed by atoms with Gasteiger partial charge >= 0.3 is 7.55 Å². The molecule has 3 N–H and O–H groups in total. The second kappa shape index (κ2) is 21.2. The zero-order valence-corrected chi connectivity index (χ0v) is 34.3. The van der Waals surface area contributed by atoms with E-state index in [1.807, 2.05) is 39.5 Å². The van der Waals surface area contributed by atoms with Crippen LogP contribution in [-0.4, -0.2) is 127 Å². The smallest absolute Gasteiger partial charge is 0.377 e. The molecule has 4 amide bonds. The Hall–Kier alpha value is -3.04. The van der Waals surface area contributed by atoms with Gasteiger partial charge in [-0.3, -0.25) is 23.8 Å². The van der Waals surface area contributed by atoms with Crippen LogP contribution in [0.1, 0.15) is 111 Å². The summed E-state index contributed by atoms with van der Waals surface area (Å²) in [4.78, 5) is 58.3. The van der Waals surface area contributed by atoms with E-state index in [4.69, 9.17) is 9.47 Å². The average Bonchev–Trinajstić information content (AvgIpc) is 3.76. The van der Waals surface area contributed by atoms with Crippen LogP contribution in [0.5, 0.6) is 0 Å². The quantitative estimate of drug-likeness (QED) is 0.181. The minimum Gasteiger partial charge on any atom is -0.379 e. The molecule has 15 heteroatoms. The minimum atomic E-state index is -0.807. The summed E-state index contributed by atoms with van der Waals surface area (Å²) in [5.74, 6) is -1.50. The lowest BCUT2D eigenvalue weighted by Gasteiger charge is -2.41. The Morgan fingerprint density at radius 1 is 0.925 bits per heavy atom. The summed E-state index contributed by atoms with van der Waals surface area (Å²) in [7, 11) is 8.22. The van der Waals surface area contributed by atoms with Crippen LogP contribution in [-0.2, 0) is 41.5 Å². The third-order valence-electron chi connectivity index (χ3n) is 11.5. The van der Waals surface area contributed by atoms with Crippen molar-refractivity contribution in [1.82, 2.24) is 40.6 Å². The van der Waals surface area contributed by atoms with Crippen LogP contribution in [0.15, 0.2) is 0 Å². The standard InChI is InChI=1S/C38H68BN8O6/c1-12-25(6)34(30(52-10)22-31(48)46-21-17-20-29(46)35(53-11)26(7)36(49)40-8)45(9)38(51)33(24(4)5)41-37(50)32(23(2)3)42-39-47-28-19-16-14-13-15-18-27(28)43-44-47/h23-26,29-30,32-35,42H,12-22H2,1-11H3,(H,40,49)(H,41,50)/t25-,26+,29-,30+,32?,33-,34-,35+/m0/s1. The summed E-state index contributed by atoms with van der Waals surface area (Å²) in [6, 6.07) is -2.11. The van der Waals surface area contributed by atoms with Crippen molar-refractivity contribution in [1.29, 1.82) is 0 Å². The second-order valence-electron chi connectivity index (χ2n) is 15.8. The van der Waals surface area contributed by atoms with Crippen LogP contribution in [0.25, 0.3) is 0 Å². The molecule has 1 aliphatic carbocycles. The SMILES string of the molecule is CC[C@H](C)[C@@H]([C@@H](CC(=O)N1CCC[C@H]1[C@H](OC)[C@@H](C)C(=O)NC)OC)N(C)C(=O)[C@@H](NC(=O)C(N[B]n1nnc2c1CCCCCC2)C(C)C)C(C)C. The molecule has 2 aliphatic rings. The first-order chi connectivity index (χ1) is 25.2. The van der Waals surface area contributed by atoms with Gasteiger partial charge in [0.25, 0.3) is 0 Å². The number of nitrogens with one attached hydrogen (secondary N) is 3. The Bertz CT molecular complexity index is 1340. The zero-order valence-electron chi connectivity index (χ0n) is 34.3. The van der Waals surface area contributed by atoms with E-state index in [0.717, 1.165) is 56.3 Å². The predicted octanol–water partition coefficient (Wildman–Crippen LogP) is 2.74. The third kappa shape index (κ3) is 11.3. The molecule has 1 aliphatic heterocycles. The molecule has 0 aromatic carbocycles. The van der Waals surface area contributed by atoms with E-state index in [1.54, 1.807) is 45.4 Å². The number of rotatable bonds is 19. The first-order valence-corrected chi connectivity index (χ1v) is 19.9. The molecule has 2 heterocycles. The number of likely N-dealkylation sites (N-methyl/N-ethyl adjacent to an activating group) is 1. The van der Waals surface area contributed by atoms with E-state index in [2.05, 4.69) is 40.0 Å². The summed E-state index contributed by atoms with van der Waals surface area (Å²) in [5.41, 5.74) is 2.10. The number of likely N-dealkylation sites (tertiary alicyclic amines) is 1.